The largest absolute Gasteiger partial charge is 0.465 e. The van der Waals surface area contributed by atoms with Gasteiger partial charge in [0, 0.05) is 42.3 Å². The van der Waals surface area contributed by atoms with Gasteiger partial charge < -0.3 is 36.1 Å². The molecule has 0 saturated carbocycles. The molecule has 1 aliphatic heterocycles. The van der Waals surface area contributed by atoms with Crippen LogP contribution in [0.5, 0.6) is 0 Å². The normalized spacial score (nSPS) is 21.2. The van der Waals surface area contributed by atoms with E-state index >= 15 is 0 Å². The van der Waals surface area contributed by atoms with Crippen LogP contribution in [0.4, 0.5) is 4.79 Å². The maximum atomic E-state index is 14.6. The van der Waals surface area contributed by atoms with Gasteiger partial charge in [-0.25, -0.2) is 4.79 Å². The van der Waals surface area contributed by atoms with E-state index < -0.39 is 29.6 Å². The summed E-state index contributed by atoms with van der Waals surface area (Å²) >= 11 is 18.8. The monoisotopic (exact) mass is 681 g/mol. The molecule has 0 bridgehead atoms. The summed E-state index contributed by atoms with van der Waals surface area (Å²) in [6.45, 7) is 9.93. The Balaban J connectivity index is 1.68. The average molecular weight is 683 g/mol. The van der Waals surface area contributed by atoms with E-state index in [2.05, 4.69) is 26.3 Å². The number of thiocarbonyl (C=S) groups is 1. The summed E-state index contributed by atoms with van der Waals surface area (Å²) in [4.78, 5) is 44.0. The van der Waals surface area contributed by atoms with Crippen LogP contribution < -0.4 is 21.3 Å². The lowest BCUT2D eigenvalue weighted by Crippen LogP contribution is -2.67. The Morgan fingerprint density at radius 1 is 1.09 bits per heavy atom. The van der Waals surface area contributed by atoms with E-state index in [4.69, 9.17) is 40.2 Å². The van der Waals surface area contributed by atoms with E-state index in [9.17, 15) is 19.5 Å². The van der Waals surface area contributed by atoms with E-state index in [1.165, 1.54) is 0 Å². The molecule has 5 atom stereocenters. The predicted molar refractivity (Wildman–Crippen MR) is 181 cm³/mol. The van der Waals surface area contributed by atoms with Crippen molar-refractivity contribution in [3.05, 3.63) is 33.4 Å². The molecule has 10 nitrogen and oxygen atoms in total. The van der Waals surface area contributed by atoms with Crippen LogP contribution in [0.15, 0.2) is 12.1 Å². The number of carbonyl (C=O) groups excluding carboxylic acids is 2. The van der Waals surface area contributed by atoms with Crippen LogP contribution in [0.1, 0.15) is 71.1 Å². The lowest BCUT2D eigenvalue weighted by atomic mass is 9.78. The summed E-state index contributed by atoms with van der Waals surface area (Å²) in [6.07, 6.45) is 2.82. The van der Waals surface area contributed by atoms with Crippen LogP contribution >= 0.6 is 35.4 Å². The smallest absolute Gasteiger partial charge is 0.405 e. The second kappa shape index (κ2) is 15.3. The third-order valence-corrected chi connectivity index (χ3v) is 10.5. The number of aromatic nitrogens is 1. The number of hydrogen-bond donors (Lipinski definition) is 6. The van der Waals surface area contributed by atoms with Crippen molar-refractivity contribution in [1.82, 2.24) is 26.3 Å². The zero-order valence-corrected chi connectivity index (χ0v) is 28.7. The van der Waals surface area contributed by atoms with Gasteiger partial charge in [-0.05, 0) is 61.1 Å². The first-order valence-corrected chi connectivity index (χ1v) is 17.0. The molecule has 1 aromatic heterocycles. The minimum Gasteiger partial charge on any atom is -0.465 e. The molecule has 1 aliphatic carbocycles. The van der Waals surface area contributed by atoms with E-state index in [1.54, 1.807) is 19.1 Å². The number of nitrogens with one attached hydrogen (secondary N) is 5. The minimum atomic E-state index is -1.39. The standard InChI is InChI=1S/C32H45Cl2N5O5S/c1-5-17(3)25(38-31(42)43)28(40)39-32(10-7-24-22(15-32)21-13-20(33)14-23(34)27(21)36-24)30(41)37-26(18(4)6-2)29(45)35-16-19-8-11-44-12-9-19/h13-14,17-19,25-26,36,38H,5-12,15-16H2,1-4H3,(H,35,45)(H,37,41)(H,39,40)(H,42,43)/t17?,18?,25-,26-,32+/m0/s1. The lowest BCUT2D eigenvalue weighted by molar-refractivity contribution is -0.136. The number of halogens is 2. The second-order valence-electron chi connectivity index (χ2n) is 12.6. The fourth-order valence-electron chi connectivity index (χ4n) is 6.26. The Morgan fingerprint density at radius 2 is 1.76 bits per heavy atom. The first-order valence-electron chi connectivity index (χ1n) is 15.8. The van der Waals surface area contributed by atoms with Crippen molar-refractivity contribution in [2.45, 2.75) is 90.3 Å². The highest BCUT2D eigenvalue weighted by atomic mass is 35.5. The number of aryl methyl sites for hydroxylation is 1. The van der Waals surface area contributed by atoms with Crippen molar-refractivity contribution in [2.75, 3.05) is 19.8 Å². The maximum absolute atomic E-state index is 14.6. The molecule has 6 N–H and O–H groups in total. The Hall–Kier alpha value is -2.60. The van der Waals surface area contributed by atoms with Crippen LogP contribution in [-0.4, -0.2) is 70.4 Å². The average Bonchev–Trinajstić information content (AvgIpc) is 3.38. The van der Waals surface area contributed by atoms with Crippen LogP contribution in [-0.2, 0) is 27.2 Å². The van der Waals surface area contributed by atoms with Crippen molar-refractivity contribution >= 4 is 69.2 Å². The van der Waals surface area contributed by atoms with Crippen molar-refractivity contribution in [1.29, 1.82) is 0 Å². The zero-order valence-electron chi connectivity index (χ0n) is 26.4. The molecular weight excluding hydrogens is 637 g/mol. The molecule has 2 aromatic rings. The van der Waals surface area contributed by atoms with Gasteiger partial charge in [0.2, 0.25) is 11.8 Å². The summed E-state index contributed by atoms with van der Waals surface area (Å²) in [7, 11) is 0. The van der Waals surface area contributed by atoms with E-state index in [0.29, 0.717) is 40.3 Å². The molecule has 0 spiro atoms. The highest BCUT2D eigenvalue weighted by Gasteiger charge is 2.46. The highest BCUT2D eigenvalue weighted by Crippen LogP contribution is 2.38. The summed E-state index contributed by atoms with van der Waals surface area (Å²) < 4.78 is 5.48. The Labute approximate surface area is 280 Å². The Morgan fingerprint density at radius 3 is 2.40 bits per heavy atom. The van der Waals surface area contributed by atoms with Crippen LogP contribution in [0.3, 0.4) is 0 Å². The van der Waals surface area contributed by atoms with Gasteiger partial charge in [-0.15, -0.1) is 0 Å². The quantitative estimate of drug-likeness (QED) is 0.165. The van der Waals surface area contributed by atoms with Crippen molar-refractivity contribution in [2.24, 2.45) is 17.8 Å². The van der Waals surface area contributed by atoms with Gasteiger partial charge in [0.15, 0.2) is 0 Å². The Bertz CT molecular complexity index is 1410. The molecule has 13 heteroatoms. The summed E-state index contributed by atoms with van der Waals surface area (Å²) in [5.41, 5.74) is 1.08. The molecule has 1 saturated heterocycles. The fourth-order valence-corrected chi connectivity index (χ4v) is 7.18. The third-order valence-electron chi connectivity index (χ3n) is 9.56. The molecule has 4 rings (SSSR count). The molecular formula is C32H45Cl2N5O5S. The third kappa shape index (κ3) is 8.22. The first kappa shape index (κ1) is 35.3. The van der Waals surface area contributed by atoms with Crippen molar-refractivity contribution in [3.63, 3.8) is 0 Å². The molecule has 2 unspecified atom stereocenters. The maximum Gasteiger partial charge on any atom is 0.405 e. The second-order valence-corrected chi connectivity index (χ2v) is 13.9. The van der Waals surface area contributed by atoms with E-state index in [1.807, 2.05) is 20.8 Å². The van der Waals surface area contributed by atoms with Gasteiger partial charge in [0.1, 0.15) is 11.6 Å². The molecule has 0 radical (unpaired) electrons. The van der Waals surface area contributed by atoms with Crippen molar-refractivity contribution in [3.8, 4) is 0 Å². The van der Waals surface area contributed by atoms with Gasteiger partial charge in [0.25, 0.3) is 0 Å². The molecule has 2 aliphatic rings. The highest BCUT2D eigenvalue weighted by molar-refractivity contribution is 7.80. The molecule has 1 aromatic carbocycles. The molecule has 45 heavy (non-hydrogen) atoms. The number of fused-ring (bicyclic) bond motifs is 3. The van der Waals surface area contributed by atoms with Crippen LogP contribution in [0.2, 0.25) is 10.0 Å². The number of rotatable bonds is 12. The summed E-state index contributed by atoms with van der Waals surface area (Å²) in [5.74, 6) is -0.778. The minimum absolute atomic E-state index is 0.0165. The van der Waals surface area contributed by atoms with Gasteiger partial charge in [-0.3, -0.25) is 9.59 Å². The first-order chi connectivity index (χ1) is 21.4. The summed E-state index contributed by atoms with van der Waals surface area (Å²) in [6, 6.07) is 1.95. The molecule has 3 amide bonds. The van der Waals surface area contributed by atoms with Crippen molar-refractivity contribution < 1.29 is 24.2 Å². The number of H-pyrrole nitrogens is 1. The fraction of sp³-hybridized carbons (Fsp3) is 0.625. The van der Waals surface area contributed by atoms with Crippen LogP contribution in [0, 0.1) is 17.8 Å². The van der Waals surface area contributed by atoms with Gasteiger partial charge in [-0.2, -0.15) is 0 Å². The van der Waals surface area contributed by atoms with Gasteiger partial charge in [0.05, 0.1) is 21.6 Å². The number of carboxylic acid groups (broad SMARTS) is 1. The lowest BCUT2D eigenvalue weighted by Gasteiger charge is -2.40. The number of benzene rings is 1. The Kier molecular flexibility index (Phi) is 12.0. The van der Waals surface area contributed by atoms with E-state index in [-0.39, 0.29) is 30.6 Å². The number of ether oxygens (including phenoxy) is 1. The van der Waals surface area contributed by atoms with Gasteiger partial charge in [-0.1, -0.05) is 76.0 Å². The molecule has 2 heterocycles. The number of amides is 3. The zero-order chi connectivity index (χ0) is 32.9. The topological polar surface area (TPSA) is 145 Å². The van der Waals surface area contributed by atoms with Gasteiger partial charge >= 0.3 is 6.09 Å². The number of hydrogen-bond acceptors (Lipinski definition) is 5. The predicted octanol–water partition coefficient (Wildman–Crippen LogP) is 5.38. The SMILES string of the molecule is CCC(C)[C@H](NC(=O)O)C(=O)N[C@]1(C(=O)N[C@H](C(=S)NCC2CCOCC2)C(C)CC)CCc2[nH]c3c(Cl)cc(Cl)cc3c2C1. The van der Waals surface area contributed by atoms with E-state index in [0.717, 1.165) is 54.6 Å². The molecule has 248 valence electrons. The molecule has 1 fully saturated rings. The number of aromatic amines is 1. The number of carbonyl (C=O) groups is 3. The van der Waals surface area contributed by atoms with Crippen LogP contribution in [0.25, 0.3) is 10.9 Å². The summed E-state index contributed by atoms with van der Waals surface area (Å²) in [5, 5.41) is 23.2.